The van der Waals surface area contributed by atoms with Gasteiger partial charge >= 0.3 is 5.97 Å². The average molecular weight is 560 g/mol. The van der Waals surface area contributed by atoms with E-state index in [1.165, 1.54) is 0 Å². The van der Waals surface area contributed by atoms with Gasteiger partial charge in [-0.3, -0.25) is 24.2 Å². The molecule has 5 rings (SSSR count). The minimum atomic E-state index is -0.965. The highest BCUT2D eigenvalue weighted by Crippen LogP contribution is 2.34. The summed E-state index contributed by atoms with van der Waals surface area (Å²) in [7, 11) is 0. The molecule has 2 heterocycles. The van der Waals surface area contributed by atoms with Crippen LogP contribution in [0.2, 0.25) is 10.0 Å². The summed E-state index contributed by atoms with van der Waals surface area (Å²) in [6.45, 7) is 2.09. The van der Waals surface area contributed by atoms with Crippen LogP contribution in [0.5, 0.6) is 0 Å². The molecule has 0 aliphatic carbocycles. The fourth-order valence-electron chi connectivity index (χ4n) is 4.31. The number of benzene rings is 3. The molecule has 196 valence electrons. The summed E-state index contributed by atoms with van der Waals surface area (Å²) < 4.78 is 1.92. The first-order valence-corrected chi connectivity index (χ1v) is 12.9. The Morgan fingerprint density at radius 2 is 1.59 bits per heavy atom. The summed E-state index contributed by atoms with van der Waals surface area (Å²) in [5.41, 5.74) is 6.19. The van der Waals surface area contributed by atoms with Gasteiger partial charge in [-0.2, -0.15) is 5.10 Å². The Labute approximate surface area is 234 Å². The predicted octanol–water partition coefficient (Wildman–Crippen LogP) is 6.28. The van der Waals surface area contributed by atoms with E-state index in [1.54, 1.807) is 30.6 Å². The van der Waals surface area contributed by atoms with Gasteiger partial charge in [-0.05, 0) is 61.0 Å². The zero-order valence-corrected chi connectivity index (χ0v) is 22.3. The molecule has 5 aromatic rings. The van der Waals surface area contributed by atoms with Crippen LogP contribution in [0.3, 0.4) is 0 Å². The van der Waals surface area contributed by atoms with E-state index in [1.807, 2.05) is 60.1 Å². The fourth-order valence-corrected chi connectivity index (χ4v) is 4.84. The fraction of sp³-hybridized carbons (Fsp3) is 0.138. The molecule has 0 aliphatic rings. The minimum Gasteiger partial charge on any atom is -0.481 e. The van der Waals surface area contributed by atoms with Gasteiger partial charge in [0.1, 0.15) is 0 Å². The van der Waals surface area contributed by atoms with Crippen molar-refractivity contribution in [2.24, 2.45) is 0 Å². The number of carboxylic acid groups (broad SMARTS) is 1. The van der Waals surface area contributed by atoms with E-state index in [0.717, 1.165) is 33.4 Å². The van der Waals surface area contributed by atoms with Gasteiger partial charge in [0.25, 0.3) is 5.91 Å². The summed E-state index contributed by atoms with van der Waals surface area (Å²) in [6, 6.07) is 20.1. The number of hydrogen-bond donors (Lipinski definition) is 2. The Hall–Kier alpha value is -4.27. The number of carboxylic acids is 1. The van der Waals surface area contributed by atoms with Crippen molar-refractivity contribution < 1.29 is 14.7 Å². The van der Waals surface area contributed by atoms with Gasteiger partial charge in [0.15, 0.2) is 0 Å². The summed E-state index contributed by atoms with van der Waals surface area (Å²) >= 11 is 12.6. The summed E-state index contributed by atoms with van der Waals surface area (Å²) in [5, 5.41) is 17.4. The first-order chi connectivity index (χ1) is 18.8. The SMILES string of the molecule is CC(c1ccc(C(=O)NCCC(=O)O)cc1)n1nc(-c2cc(Cl)cc(Cl)c2)cc1-c1ccc2nccnc2c1. The molecule has 1 amide bonds. The number of aromatic nitrogens is 4. The molecule has 1 unspecified atom stereocenters. The highest BCUT2D eigenvalue weighted by atomic mass is 35.5. The van der Waals surface area contributed by atoms with E-state index in [9.17, 15) is 9.59 Å². The number of amides is 1. The molecular weight excluding hydrogens is 537 g/mol. The molecule has 39 heavy (non-hydrogen) atoms. The maximum absolute atomic E-state index is 12.4. The number of hydrogen-bond acceptors (Lipinski definition) is 5. The van der Waals surface area contributed by atoms with Crippen molar-refractivity contribution in [2.45, 2.75) is 19.4 Å². The molecule has 0 radical (unpaired) electrons. The zero-order valence-electron chi connectivity index (χ0n) is 20.8. The number of fused-ring (bicyclic) bond motifs is 1. The number of aliphatic carboxylic acids is 1. The minimum absolute atomic E-state index is 0.0649. The standard InChI is InChI=1S/C29H23Cl2N5O3/c1-17(18-2-4-19(5-3-18)29(39)34-9-8-28(37)38)36-27(20-6-7-24-26(14-20)33-11-10-32-24)16-25(35-36)21-12-22(30)15-23(31)13-21/h2-7,10-17H,8-9H2,1H3,(H,34,39)(H,37,38). The number of nitrogens with one attached hydrogen (secondary N) is 1. The summed E-state index contributed by atoms with van der Waals surface area (Å²) in [6.07, 6.45) is 3.18. The molecule has 10 heteroatoms. The molecule has 0 saturated carbocycles. The molecule has 2 aromatic heterocycles. The lowest BCUT2D eigenvalue weighted by molar-refractivity contribution is -0.136. The predicted molar refractivity (Wildman–Crippen MR) is 151 cm³/mol. The van der Waals surface area contributed by atoms with Crippen molar-refractivity contribution in [2.75, 3.05) is 6.54 Å². The highest BCUT2D eigenvalue weighted by molar-refractivity contribution is 6.35. The maximum atomic E-state index is 12.4. The van der Waals surface area contributed by atoms with Crippen molar-refractivity contribution >= 4 is 46.1 Å². The van der Waals surface area contributed by atoms with Crippen LogP contribution in [-0.4, -0.2) is 43.3 Å². The molecule has 0 bridgehead atoms. The monoisotopic (exact) mass is 559 g/mol. The van der Waals surface area contributed by atoms with Crippen LogP contribution in [0.25, 0.3) is 33.5 Å². The van der Waals surface area contributed by atoms with Gasteiger partial charge in [0.05, 0.1) is 34.9 Å². The van der Waals surface area contributed by atoms with Crippen molar-refractivity contribution in [3.05, 3.63) is 100 Å². The van der Waals surface area contributed by atoms with E-state index in [2.05, 4.69) is 15.3 Å². The molecular formula is C29H23Cl2N5O3. The number of rotatable bonds is 8. The molecule has 0 fully saturated rings. The van der Waals surface area contributed by atoms with Crippen LogP contribution < -0.4 is 5.32 Å². The summed E-state index contributed by atoms with van der Waals surface area (Å²) in [5.74, 6) is -1.29. The molecule has 1 atom stereocenters. The highest BCUT2D eigenvalue weighted by Gasteiger charge is 2.19. The lowest BCUT2D eigenvalue weighted by atomic mass is 10.0. The van der Waals surface area contributed by atoms with E-state index < -0.39 is 5.97 Å². The summed E-state index contributed by atoms with van der Waals surface area (Å²) in [4.78, 5) is 31.9. The van der Waals surface area contributed by atoms with Crippen LogP contribution in [0.4, 0.5) is 0 Å². The largest absolute Gasteiger partial charge is 0.481 e. The molecule has 2 N–H and O–H groups in total. The Morgan fingerprint density at radius 1 is 0.897 bits per heavy atom. The molecule has 0 saturated heterocycles. The van der Waals surface area contributed by atoms with Crippen molar-refractivity contribution in [1.82, 2.24) is 25.1 Å². The smallest absolute Gasteiger partial charge is 0.305 e. The van der Waals surface area contributed by atoms with Crippen LogP contribution in [0.1, 0.15) is 35.3 Å². The Morgan fingerprint density at radius 3 is 2.28 bits per heavy atom. The van der Waals surface area contributed by atoms with Gasteiger partial charge in [-0.25, -0.2) is 0 Å². The second-order valence-corrected chi connectivity index (χ2v) is 9.85. The Bertz CT molecular complexity index is 1660. The molecule has 0 spiro atoms. The number of nitrogens with zero attached hydrogens (tertiary/aromatic N) is 4. The van der Waals surface area contributed by atoms with Crippen molar-refractivity contribution in [3.8, 4) is 22.5 Å². The Kier molecular flexibility index (Phi) is 7.58. The van der Waals surface area contributed by atoms with Crippen LogP contribution in [0.15, 0.2) is 79.1 Å². The van der Waals surface area contributed by atoms with E-state index in [-0.39, 0.29) is 24.9 Å². The second-order valence-electron chi connectivity index (χ2n) is 8.97. The molecule has 8 nitrogen and oxygen atoms in total. The van der Waals surface area contributed by atoms with Crippen LogP contribution in [-0.2, 0) is 4.79 Å². The molecule has 0 aliphatic heterocycles. The molecule has 3 aromatic carbocycles. The van der Waals surface area contributed by atoms with Gasteiger partial charge in [0, 0.05) is 45.7 Å². The first kappa shape index (κ1) is 26.3. The third-order valence-electron chi connectivity index (χ3n) is 6.31. The Balaban J connectivity index is 1.52. The lowest BCUT2D eigenvalue weighted by Crippen LogP contribution is -2.26. The lowest BCUT2D eigenvalue weighted by Gasteiger charge is -2.17. The van der Waals surface area contributed by atoms with Crippen LogP contribution >= 0.6 is 23.2 Å². The van der Waals surface area contributed by atoms with Crippen molar-refractivity contribution in [3.63, 3.8) is 0 Å². The third-order valence-corrected chi connectivity index (χ3v) is 6.74. The third kappa shape index (κ3) is 5.92. The topological polar surface area (TPSA) is 110 Å². The van der Waals surface area contributed by atoms with Gasteiger partial charge < -0.3 is 10.4 Å². The second kappa shape index (κ2) is 11.2. The number of carbonyl (C=O) groups excluding carboxylic acids is 1. The zero-order chi connectivity index (χ0) is 27.5. The van der Waals surface area contributed by atoms with E-state index in [0.29, 0.717) is 21.3 Å². The van der Waals surface area contributed by atoms with Gasteiger partial charge in [0.2, 0.25) is 0 Å². The first-order valence-electron chi connectivity index (χ1n) is 12.2. The quantitative estimate of drug-likeness (QED) is 0.231. The average Bonchev–Trinajstić information content (AvgIpc) is 3.37. The normalized spacial score (nSPS) is 11.9. The maximum Gasteiger partial charge on any atom is 0.305 e. The van der Waals surface area contributed by atoms with Crippen molar-refractivity contribution in [1.29, 1.82) is 0 Å². The van der Waals surface area contributed by atoms with E-state index >= 15 is 0 Å². The van der Waals surface area contributed by atoms with Crippen LogP contribution in [0, 0.1) is 0 Å². The van der Waals surface area contributed by atoms with E-state index in [4.69, 9.17) is 33.4 Å². The van der Waals surface area contributed by atoms with Gasteiger partial charge in [-0.1, -0.05) is 41.4 Å². The number of halogens is 2. The van der Waals surface area contributed by atoms with Gasteiger partial charge in [-0.15, -0.1) is 0 Å². The number of carbonyl (C=O) groups is 2.